The van der Waals surface area contributed by atoms with Crippen LogP contribution >= 0.6 is 0 Å². The Labute approximate surface area is 97.4 Å². The first-order valence-electron chi connectivity index (χ1n) is 6.44. The standard InChI is InChI=1S/C14H20N2/c15-13-5-3-4-11-6-7-12(14(11)13)10-16-8-1-2-9-16/h3-5,12H,1-2,6-10,15H2. The van der Waals surface area contributed by atoms with Crippen LogP contribution in [0.4, 0.5) is 5.69 Å². The number of hydrogen-bond acceptors (Lipinski definition) is 2. The Kier molecular flexibility index (Phi) is 2.60. The first-order chi connectivity index (χ1) is 7.84. The summed E-state index contributed by atoms with van der Waals surface area (Å²) in [6.07, 6.45) is 5.27. The Balaban J connectivity index is 1.79. The van der Waals surface area contributed by atoms with Gasteiger partial charge >= 0.3 is 0 Å². The molecular weight excluding hydrogens is 196 g/mol. The predicted octanol–water partition coefficient (Wildman–Crippen LogP) is 2.39. The molecule has 1 fully saturated rings. The second-order valence-electron chi connectivity index (χ2n) is 5.16. The summed E-state index contributed by atoms with van der Waals surface area (Å²) in [6, 6.07) is 6.39. The third-order valence-electron chi connectivity index (χ3n) is 4.08. The highest BCUT2D eigenvalue weighted by molar-refractivity contribution is 5.55. The fourth-order valence-corrected chi connectivity index (χ4v) is 3.28. The van der Waals surface area contributed by atoms with Gasteiger partial charge in [0.2, 0.25) is 0 Å². The molecule has 0 bridgehead atoms. The van der Waals surface area contributed by atoms with Crippen LogP contribution in [0.3, 0.4) is 0 Å². The van der Waals surface area contributed by atoms with Gasteiger partial charge in [0.15, 0.2) is 0 Å². The highest BCUT2D eigenvalue weighted by Crippen LogP contribution is 2.37. The average Bonchev–Trinajstić information content (AvgIpc) is 2.90. The maximum Gasteiger partial charge on any atom is 0.0352 e. The SMILES string of the molecule is Nc1cccc2c1C(CN1CCCC1)CC2. The van der Waals surface area contributed by atoms with Crippen LogP contribution in [-0.2, 0) is 6.42 Å². The van der Waals surface area contributed by atoms with Gasteiger partial charge < -0.3 is 10.6 Å². The maximum absolute atomic E-state index is 6.12. The van der Waals surface area contributed by atoms with Gasteiger partial charge in [-0.1, -0.05) is 12.1 Å². The summed E-state index contributed by atoms with van der Waals surface area (Å²) < 4.78 is 0. The molecule has 1 aromatic rings. The number of hydrogen-bond donors (Lipinski definition) is 1. The number of nitrogens with zero attached hydrogens (tertiary/aromatic N) is 1. The molecular formula is C14H20N2. The van der Waals surface area contributed by atoms with Crippen LogP contribution in [0.25, 0.3) is 0 Å². The van der Waals surface area contributed by atoms with E-state index in [4.69, 9.17) is 5.73 Å². The number of fused-ring (bicyclic) bond motifs is 1. The molecule has 1 aliphatic carbocycles. The van der Waals surface area contributed by atoms with Crippen molar-refractivity contribution in [2.45, 2.75) is 31.6 Å². The van der Waals surface area contributed by atoms with Crippen molar-refractivity contribution in [2.75, 3.05) is 25.4 Å². The third-order valence-corrected chi connectivity index (χ3v) is 4.08. The molecule has 2 N–H and O–H groups in total. The van der Waals surface area contributed by atoms with Crippen molar-refractivity contribution in [3.8, 4) is 0 Å². The molecule has 86 valence electrons. The highest BCUT2D eigenvalue weighted by atomic mass is 15.1. The van der Waals surface area contributed by atoms with Crippen molar-refractivity contribution in [1.29, 1.82) is 0 Å². The molecule has 1 unspecified atom stereocenters. The Hall–Kier alpha value is -1.02. The summed E-state index contributed by atoms with van der Waals surface area (Å²) in [5.74, 6) is 0.689. The second kappa shape index (κ2) is 4.10. The number of benzene rings is 1. The molecule has 0 spiro atoms. The molecule has 1 aliphatic heterocycles. The second-order valence-corrected chi connectivity index (χ2v) is 5.16. The van der Waals surface area contributed by atoms with Gasteiger partial charge in [0, 0.05) is 12.2 Å². The summed E-state index contributed by atoms with van der Waals surface area (Å²) in [6.45, 7) is 3.80. The molecule has 1 saturated heterocycles. The van der Waals surface area contributed by atoms with E-state index in [1.807, 2.05) is 0 Å². The van der Waals surface area contributed by atoms with E-state index >= 15 is 0 Å². The van der Waals surface area contributed by atoms with E-state index in [0.29, 0.717) is 5.92 Å². The lowest BCUT2D eigenvalue weighted by Crippen LogP contribution is -2.25. The van der Waals surface area contributed by atoms with Crippen LogP contribution in [-0.4, -0.2) is 24.5 Å². The molecule has 1 heterocycles. The average molecular weight is 216 g/mol. The minimum absolute atomic E-state index is 0.689. The monoisotopic (exact) mass is 216 g/mol. The van der Waals surface area contributed by atoms with Crippen LogP contribution in [0.1, 0.15) is 36.3 Å². The van der Waals surface area contributed by atoms with E-state index in [-0.39, 0.29) is 0 Å². The fraction of sp³-hybridized carbons (Fsp3) is 0.571. The van der Waals surface area contributed by atoms with Gasteiger partial charge in [-0.15, -0.1) is 0 Å². The quantitative estimate of drug-likeness (QED) is 0.769. The first kappa shape index (κ1) is 10.2. The van der Waals surface area contributed by atoms with Crippen LogP contribution in [0.5, 0.6) is 0 Å². The van der Waals surface area contributed by atoms with Crippen molar-refractivity contribution in [3.05, 3.63) is 29.3 Å². The van der Waals surface area contributed by atoms with Crippen molar-refractivity contribution in [1.82, 2.24) is 4.90 Å². The maximum atomic E-state index is 6.12. The molecule has 0 saturated carbocycles. The molecule has 2 nitrogen and oxygen atoms in total. The van der Waals surface area contributed by atoms with Gasteiger partial charge in [-0.05, 0) is 61.9 Å². The topological polar surface area (TPSA) is 29.3 Å². The largest absolute Gasteiger partial charge is 0.398 e. The molecule has 3 rings (SSSR count). The normalized spacial score (nSPS) is 24.9. The lowest BCUT2D eigenvalue weighted by Gasteiger charge is -2.21. The summed E-state index contributed by atoms with van der Waals surface area (Å²) >= 11 is 0. The van der Waals surface area contributed by atoms with Crippen LogP contribution in [0, 0.1) is 0 Å². The van der Waals surface area contributed by atoms with E-state index in [1.54, 1.807) is 0 Å². The van der Waals surface area contributed by atoms with Crippen LogP contribution in [0.2, 0.25) is 0 Å². The van der Waals surface area contributed by atoms with Crippen molar-refractivity contribution >= 4 is 5.69 Å². The number of nitrogen functional groups attached to an aromatic ring is 1. The van der Waals surface area contributed by atoms with E-state index in [9.17, 15) is 0 Å². The number of likely N-dealkylation sites (tertiary alicyclic amines) is 1. The zero-order valence-corrected chi connectivity index (χ0v) is 9.78. The Morgan fingerprint density at radius 1 is 1.25 bits per heavy atom. The lowest BCUT2D eigenvalue weighted by atomic mass is 9.99. The number of nitrogens with two attached hydrogens (primary N) is 1. The fourth-order valence-electron chi connectivity index (χ4n) is 3.28. The van der Waals surface area contributed by atoms with Gasteiger partial charge in [-0.3, -0.25) is 0 Å². The van der Waals surface area contributed by atoms with Gasteiger partial charge in [-0.2, -0.15) is 0 Å². The minimum atomic E-state index is 0.689. The Morgan fingerprint density at radius 3 is 2.88 bits per heavy atom. The highest BCUT2D eigenvalue weighted by Gasteiger charge is 2.27. The molecule has 1 aromatic carbocycles. The third kappa shape index (κ3) is 1.71. The van der Waals surface area contributed by atoms with Crippen molar-refractivity contribution in [3.63, 3.8) is 0 Å². The van der Waals surface area contributed by atoms with Crippen LogP contribution < -0.4 is 5.73 Å². The van der Waals surface area contributed by atoms with E-state index in [1.165, 1.54) is 56.4 Å². The molecule has 0 amide bonds. The van der Waals surface area contributed by atoms with Crippen LogP contribution in [0.15, 0.2) is 18.2 Å². The Bertz CT molecular complexity index is 380. The van der Waals surface area contributed by atoms with E-state index in [2.05, 4.69) is 23.1 Å². The van der Waals surface area contributed by atoms with Gasteiger partial charge in [0.1, 0.15) is 0 Å². The van der Waals surface area contributed by atoms with E-state index in [0.717, 1.165) is 5.69 Å². The van der Waals surface area contributed by atoms with Crippen molar-refractivity contribution in [2.24, 2.45) is 0 Å². The summed E-state index contributed by atoms with van der Waals surface area (Å²) in [5, 5.41) is 0. The summed E-state index contributed by atoms with van der Waals surface area (Å²) in [4.78, 5) is 2.60. The molecule has 16 heavy (non-hydrogen) atoms. The molecule has 1 atom stereocenters. The number of anilines is 1. The summed E-state index contributed by atoms with van der Waals surface area (Å²) in [5.41, 5.74) is 10.1. The van der Waals surface area contributed by atoms with Gasteiger partial charge in [-0.25, -0.2) is 0 Å². The molecule has 2 heteroatoms. The molecule has 2 aliphatic rings. The smallest absolute Gasteiger partial charge is 0.0352 e. The zero-order valence-electron chi connectivity index (χ0n) is 9.78. The van der Waals surface area contributed by atoms with Crippen molar-refractivity contribution < 1.29 is 0 Å². The van der Waals surface area contributed by atoms with E-state index < -0.39 is 0 Å². The number of aryl methyl sites for hydroxylation is 1. The van der Waals surface area contributed by atoms with Gasteiger partial charge in [0.05, 0.1) is 0 Å². The summed E-state index contributed by atoms with van der Waals surface area (Å²) in [7, 11) is 0. The predicted molar refractivity (Wildman–Crippen MR) is 67.6 cm³/mol. The first-order valence-corrected chi connectivity index (χ1v) is 6.44. The molecule has 0 radical (unpaired) electrons. The zero-order chi connectivity index (χ0) is 11.0. The molecule has 0 aromatic heterocycles. The number of rotatable bonds is 2. The minimum Gasteiger partial charge on any atom is -0.398 e. The lowest BCUT2D eigenvalue weighted by molar-refractivity contribution is 0.313. The Morgan fingerprint density at radius 2 is 2.06 bits per heavy atom. The van der Waals surface area contributed by atoms with Gasteiger partial charge in [0.25, 0.3) is 0 Å².